The van der Waals surface area contributed by atoms with Gasteiger partial charge in [-0.15, -0.1) is 12.4 Å². The lowest BCUT2D eigenvalue weighted by Gasteiger charge is -2.05. The first-order valence-corrected chi connectivity index (χ1v) is 5.86. The minimum absolute atomic E-state index is 0. The molecule has 0 fully saturated rings. The van der Waals surface area contributed by atoms with Crippen LogP contribution >= 0.6 is 12.4 Å². The number of benzene rings is 2. The fourth-order valence-corrected chi connectivity index (χ4v) is 1.76. The van der Waals surface area contributed by atoms with Crippen LogP contribution in [0.15, 0.2) is 54.6 Å². The van der Waals surface area contributed by atoms with Crippen molar-refractivity contribution in [2.75, 3.05) is 13.2 Å². The summed E-state index contributed by atoms with van der Waals surface area (Å²) in [7, 11) is 0. The number of aliphatic hydroxyl groups excluding tert-OH is 1. The third-order valence-corrected chi connectivity index (χ3v) is 2.68. The molecule has 18 heavy (non-hydrogen) atoms. The number of halogens is 1. The van der Waals surface area contributed by atoms with Crippen LogP contribution in [0.25, 0.3) is 11.1 Å². The van der Waals surface area contributed by atoms with Gasteiger partial charge in [0, 0.05) is 13.1 Å². The van der Waals surface area contributed by atoms with Crippen molar-refractivity contribution in [1.29, 1.82) is 0 Å². The Kier molecular flexibility index (Phi) is 6.44. The molecule has 0 amide bonds. The van der Waals surface area contributed by atoms with E-state index in [4.69, 9.17) is 5.11 Å². The summed E-state index contributed by atoms with van der Waals surface area (Å²) < 4.78 is 0. The molecule has 2 nitrogen and oxygen atoms in total. The zero-order valence-corrected chi connectivity index (χ0v) is 11.0. The van der Waals surface area contributed by atoms with Crippen molar-refractivity contribution in [3.8, 4) is 11.1 Å². The smallest absolute Gasteiger partial charge is 0.0556 e. The van der Waals surface area contributed by atoms with Crippen LogP contribution in [0, 0.1) is 0 Å². The number of hydrogen-bond acceptors (Lipinski definition) is 2. The maximum absolute atomic E-state index is 8.67. The highest BCUT2D eigenvalue weighted by molar-refractivity contribution is 5.85. The Morgan fingerprint density at radius 2 is 1.44 bits per heavy atom. The fraction of sp³-hybridized carbons (Fsp3) is 0.200. The van der Waals surface area contributed by atoms with Gasteiger partial charge in [-0.1, -0.05) is 54.6 Å². The van der Waals surface area contributed by atoms with Crippen LogP contribution in [0.5, 0.6) is 0 Å². The molecule has 0 aliphatic heterocycles. The predicted octanol–water partition coefficient (Wildman–Crippen LogP) is 2.86. The predicted molar refractivity (Wildman–Crippen MR) is 77.9 cm³/mol. The second-order valence-corrected chi connectivity index (χ2v) is 3.96. The van der Waals surface area contributed by atoms with Gasteiger partial charge in [0.15, 0.2) is 0 Å². The van der Waals surface area contributed by atoms with Crippen molar-refractivity contribution in [2.24, 2.45) is 0 Å². The molecule has 0 spiro atoms. The van der Waals surface area contributed by atoms with Gasteiger partial charge in [-0.2, -0.15) is 0 Å². The van der Waals surface area contributed by atoms with E-state index in [0.717, 1.165) is 6.54 Å². The lowest BCUT2D eigenvalue weighted by Crippen LogP contribution is -2.17. The van der Waals surface area contributed by atoms with Crippen molar-refractivity contribution in [3.05, 3.63) is 60.2 Å². The van der Waals surface area contributed by atoms with Gasteiger partial charge in [0.05, 0.1) is 6.61 Å². The molecule has 96 valence electrons. The van der Waals surface area contributed by atoms with E-state index in [1.54, 1.807) is 0 Å². The highest BCUT2D eigenvalue weighted by Gasteiger charge is 1.96. The summed E-state index contributed by atoms with van der Waals surface area (Å²) in [6, 6.07) is 18.8. The minimum Gasteiger partial charge on any atom is -0.395 e. The highest BCUT2D eigenvalue weighted by atomic mass is 35.5. The van der Waals surface area contributed by atoms with Crippen LogP contribution < -0.4 is 5.32 Å². The quantitative estimate of drug-likeness (QED) is 0.813. The molecule has 0 atom stereocenters. The Morgan fingerprint density at radius 1 is 0.833 bits per heavy atom. The maximum atomic E-state index is 8.67. The van der Waals surface area contributed by atoms with Crippen molar-refractivity contribution < 1.29 is 5.11 Å². The number of hydrogen-bond donors (Lipinski definition) is 2. The molecule has 0 bridgehead atoms. The second kappa shape index (κ2) is 7.88. The van der Waals surface area contributed by atoms with E-state index in [0.29, 0.717) is 6.54 Å². The average molecular weight is 264 g/mol. The van der Waals surface area contributed by atoms with Gasteiger partial charge in [0.25, 0.3) is 0 Å². The monoisotopic (exact) mass is 263 g/mol. The second-order valence-electron chi connectivity index (χ2n) is 3.96. The highest BCUT2D eigenvalue weighted by Crippen LogP contribution is 2.18. The molecule has 0 radical (unpaired) electrons. The SMILES string of the molecule is Cl.OCCNCc1ccc(-c2ccccc2)cc1. The zero-order chi connectivity index (χ0) is 11.9. The lowest BCUT2D eigenvalue weighted by atomic mass is 10.0. The van der Waals surface area contributed by atoms with E-state index in [-0.39, 0.29) is 19.0 Å². The summed E-state index contributed by atoms with van der Waals surface area (Å²) in [5.74, 6) is 0. The summed E-state index contributed by atoms with van der Waals surface area (Å²) in [5.41, 5.74) is 3.71. The van der Waals surface area contributed by atoms with Crippen LogP contribution in [0.3, 0.4) is 0 Å². The van der Waals surface area contributed by atoms with Crippen LogP contribution in [0.4, 0.5) is 0 Å². The van der Waals surface area contributed by atoms with E-state index in [9.17, 15) is 0 Å². The number of aliphatic hydroxyl groups is 1. The fourth-order valence-electron chi connectivity index (χ4n) is 1.76. The summed E-state index contributed by atoms with van der Waals surface area (Å²) in [6.07, 6.45) is 0. The van der Waals surface area contributed by atoms with Gasteiger partial charge in [0.2, 0.25) is 0 Å². The normalized spacial score (nSPS) is 9.83. The molecule has 0 unspecified atom stereocenters. The Hall–Kier alpha value is -1.35. The first-order chi connectivity index (χ1) is 8.40. The van der Waals surface area contributed by atoms with E-state index >= 15 is 0 Å². The van der Waals surface area contributed by atoms with E-state index in [1.165, 1.54) is 16.7 Å². The minimum atomic E-state index is 0. The summed E-state index contributed by atoms with van der Waals surface area (Å²) in [4.78, 5) is 0. The first kappa shape index (κ1) is 14.7. The van der Waals surface area contributed by atoms with Crippen molar-refractivity contribution in [3.63, 3.8) is 0 Å². The van der Waals surface area contributed by atoms with Crippen molar-refractivity contribution in [1.82, 2.24) is 5.32 Å². The Labute approximate surface area is 114 Å². The number of nitrogens with one attached hydrogen (secondary N) is 1. The molecule has 2 N–H and O–H groups in total. The molecule has 0 aliphatic carbocycles. The summed E-state index contributed by atoms with van der Waals surface area (Å²) in [5, 5.41) is 11.8. The molecule has 0 aliphatic rings. The van der Waals surface area contributed by atoms with E-state index in [2.05, 4.69) is 41.7 Å². The summed E-state index contributed by atoms with van der Waals surface area (Å²) in [6.45, 7) is 1.62. The molecule has 0 aromatic heterocycles. The Balaban J connectivity index is 0.00000162. The first-order valence-electron chi connectivity index (χ1n) is 5.86. The Bertz CT molecular complexity index is 442. The third-order valence-electron chi connectivity index (χ3n) is 2.68. The standard InChI is InChI=1S/C15H17NO.ClH/c17-11-10-16-12-13-6-8-15(9-7-13)14-4-2-1-3-5-14;/h1-9,16-17H,10-12H2;1H. The molecular formula is C15H18ClNO. The average Bonchev–Trinajstić information content (AvgIpc) is 2.41. The van der Waals surface area contributed by atoms with E-state index in [1.807, 2.05) is 18.2 Å². The van der Waals surface area contributed by atoms with Gasteiger partial charge >= 0.3 is 0 Å². The van der Waals surface area contributed by atoms with Gasteiger partial charge in [-0.25, -0.2) is 0 Å². The lowest BCUT2D eigenvalue weighted by molar-refractivity contribution is 0.292. The Morgan fingerprint density at radius 3 is 2.06 bits per heavy atom. The molecule has 0 saturated heterocycles. The zero-order valence-electron chi connectivity index (χ0n) is 10.2. The van der Waals surface area contributed by atoms with Crippen molar-refractivity contribution >= 4 is 12.4 Å². The van der Waals surface area contributed by atoms with Gasteiger partial charge in [0.1, 0.15) is 0 Å². The van der Waals surface area contributed by atoms with Crippen LogP contribution in [0.1, 0.15) is 5.56 Å². The molecule has 2 rings (SSSR count). The van der Waals surface area contributed by atoms with Crippen molar-refractivity contribution in [2.45, 2.75) is 6.54 Å². The molecular weight excluding hydrogens is 246 g/mol. The van der Waals surface area contributed by atoms with Crippen LogP contribution in [-0.2, 0) is 6.54 Å². The summed E-state index contributed by atoms with van der Waals surface area (Å²) >= 11 is 0. The topological polar surface area (TPSA) is 32.3 Å². The van der Waals surface area contributed by atoms with Crippen LogP contribution in [-0.4, -0.2) is 18.3 Å². The van der Waals surface area contributed by atoms with Gasteiger partial charge in [-0.3, -0.25) is 0 Å². The van der Waals surface area contributed by atoms with Gasteiger partial charge < -0.3 is 10.4 Å². The van der Waals surface area contributed by atoms with E-state index < -0.39 is 0 Å². The maximum Gasteiger partial charge on any atom is 0.0556 e. The molecule has 3 heteroatoms. The van der Waals surface area contributed by atoms with Crippen LogP contribution in [0.2, 0.25) is 0 Å². The number of rotatable bonds is 5. The molecule has 2 aromatic carbocycles. The molecule has 0 saturated carbocycles. The van der Waals surface area contributed by atoms with Gasteiger partial charge in [-0.05, 0) is 16.7 Å². The third kappa shape index (κ3) is 4.15. The molecule has 0 heterocycles. The molecule has 2 aromatic rings. The largest absolute Gasteiger partial charge is 0.395 e.